The number of nitrogens with one attached hydrogen (secondary N) is 1. The van der Waals surface area contributed by atoms with Crippen LogP contribution in [0.3, 0.4) is 0 Å². The summed E-state index contributed by atoms with van der Waals surface area (Å²) in [6.07, 6.45) is 2.64. The smallest absolute Gasteiger partial charge is 0.331 e. The Morgan fingerprint density at radius 2 is 1.85 bits per heavy atom. The number of aryl methyl sites for hydroxylation is 2. The van der Waals surface area contributed by atoms with Crippen molar-refractivity contribution in [3.05, 3.63) is 65.0 Å². The molecule has 2 rings (SSSR count). The highest BCUT2D eigenvalue weighted by atomic mass is 32.2. The molecule has 0 aromatic heterocycles. The second-order valence-corrected chi connectivity index (χ2v) is 6.52. The van der Waals surface area contributed by atoms with Gasteiger partial charge in [0, 0.05) is 16.7 Å². The molecule has 0 spiro atoms. The predicted octanol–water partition coefficient (Wildman–Crippen LogP) is 4.21. The second kappa shape index (κ2) is 9.55. The van der Waals surface area contributed by atoms with E-state index in [9.17, 15) is 14.0 Å². The number of thiocyanates is 1. The van der Waals surface area contributed by atoms with Gasteiger partial charge in [-0.1, -0.05) is 12.1 Å². The molecule has 0 radical (unpaired) electrons. The highest BCUT2D eigenvalue weighted by Crippen LogP contribution is 2.27. The number of amides is 1. The zero-order valence-electron chi connectivity index (χ0n) is 14.8. The molecular formula is C20H17FN2O3S. The molecule has 0 unspecified atom stereocenters. The molecular weight excluding hydrogens is 367 g/mol. The summed E-state index contributed by atoms with van der Waals surface area (Å²) in [4.78, 5) is 24.5. The first-order valence-electron chi connectivity index (χ1n) is 7.96. The first-order chi connectivity index (χ1) is 12.9. The number of nitriles is 1. The Morgan fingerprint density at radius 1 is 1.22 bits per heavy atom. The van der Waals surface area contributed by atoms with Crippen LogP contribution >= 0.6 is 11.8 Å². The molecule has 138 valence electrons. The van der Waals surface area contributed by atoms with Crippen LogP contribution in [0.15, 0.2) is 47.4 Å². The maximum atomic E-state index is 12.8. The predicted molar refractivity (Wildman–Crippen MR) is 102 cm³/mol. The first-order valence-corrected chi connectivity index (χ1v) is 8.78. The van der Waals surface area contributed by atoms with Gasteiger partial charge in [-0.25, -0.2) is 9.18 Å². The summed E-state index contributed by atoms with van der Waals surface area (Å²) in [5.74, 6) is -1.51. The Bertz CT molecular complexity index is 895. The van der Waals surface area contributed by atoms with Crippen molar-refractivity contribution in [2.75, 3.05) is 11.9 Å². The Kier molecular flexibility index (Phi) is 7.15. The van der Waals surface area contributed by atoms with Crippen molar-refractivity contribution in [3.63, 3.8) is 0 Å². The first kappa shape index (κ1) is 20.2. The number of benzene rings is 2. The molecule has 0 aliphatic heterocycles. The van der Waals surface area contributed by atoms with Crippen LogP contribution in [-0.4, -0.2) is 18.5 Å². The molecule has 0 atom stereocenters. The van der Waals surface area contributed by atoms with E-state index in [-0.39, 0.29) is 5.82 Å². The molecule has 2 aromatic carbocycles. The van der Waals surface area contributed by atoms with Gasteiger partial charge in [0.15, 0.2) is 6.61 Å². The molecule has 27 heavy (non-hydrogen) atoms. The van der Waals surface area contributed by atoms with Crippen LogP contribution in [0.5, 0.6) is 0 Å². The fourth-order valence-electron chi connectivity index (χ4n) is 2.33. The number of thioether (sulfide) groups is 1. The lowest BCUT2D eigenvalue weighted by molar-refractivity contribution is -0.142. The monoisotopic (exact) mass is 384 g/mol. The quantitative estimate of drug-likeness (QED) is 0.349. The summed E-state index contributed by atoms with van der Waals surface area (Å²) < 4.78 is 17.7. The number of carbonyl (C=O) groups is 2. The van der Waals surface area contributed by atoms with E-state index in [4.69, 9.17) is 10.00 Å². The van der Waals surface area contributed by atoms with Gasteiger partial charge in [0.2, 0.25) is 0 Å². The summed E-state index contributed by atoms with van der Waals surface area (Å²) >= 11 is 1.04. The molecule has 0 aliphatic carbocycles. The van der Waals surface area contributed by atoms with Crippen molar-refractivity contribution < 1.29 is 18.7 Å². The van der Waals surface area contributed by atoms with Crippen LogP contribution in [0.1, 0.15) is 16.7 Å². The average molecular weight is 384 g/mol. The molecule has 0 heterocycles. The molecule has 7 heteroatoms. The molecule has 0 fully saturated rings. The van der Waals surface area contributed by atoms with Gasteiger partial charge in [-0.05, 0) is 72.6 Å². The van der Waals surface area contributed by atoms with Crippen LogP contribution < -0.4 is 5.32 Å². The van der Waals surface area contributed by atoms with Gasteiger partial charge in [-0.3, -0.25) is 4.79 Å². The third-order valence-corrected chi connectivity index (χ3v) is 4.12. The molecule has 0 saturated carbocycles. The fourth-order valence-corrected chi connectivity index (χ4v) is 2.91. The van der Waals surface area contributed by atoms with Crippen molar-refractivity contribution >= 4 is 35.4 Å². The number of hydrogen-bond acceptors (Lipinski definition) is 5. The Hall–Kier alpha value is -3.11. The summed E-state index contributed by atoms with van der Waals surface area (Å²) in [5, 5.41) is 13.5. The fraction of sp³-hybridized carbons (Fsp3) is 0.150. The maximum absolute atomic E-state index is 12.8. The summed E-state index contributed by atoms with van der Waals surface area (Å²) in [7, 11) is 0. The lowest BCUT2D eigenvalue weighted by atomic mass is 10.1. The third-order valence-electron chi connectivity index (χ3n) is 3.56. The van der Waals surface area contributed by atoms with Crippen molar-refractivity contribution in [3.8, 4) is 5.40 Å². The van der Waals surface area contributed by atoms with E-state index in [0.717, 1.165) is 27.8 Å². The van der Waals surface area contributed by atoms with E-state index in [1.165, 1.54) is 36.4 Å². The van der Waals surface area contributed by atoms with E-state index in [2.05, 4.69) is 5.32 Å². The van der Waals surface area contributed by atoms with E-state index in [1.54, 1.807) is 12.1 Å². The molecule has 0 saturated heterocycles. The number of ether oxygens (including phenoxy) is 1. The summed E-state index contributed by atoms with van der Waals surface area (Å²) in [6, 6.07) is 9.20. The van der Waals surface area contributed by atoms with Crippen LogP contribution in [0, 0.1) is 30.3 Å². The van der Waals surface area contributed by atoms with Gasteiger partial charge >= 0.3 is 5.97 Å². The number of halogens is 1. The highest BCUT2D eigenvalue weighted by Gasteiger charge is 2.11. The Morgan fingerprint density at radius 3 is 2.44 bits per heavy atom. The van der Waals surface area contributed by atoms with E-state index < -0.39 is 18.5 Å². The normalized spacial score (nSPS) is 10.4. The summed E-state index contributed by atoms with van der Waals surface area (Å²) in [6.45, 7) is 3.21. The number of esters is 1. The third kappa shape index (κ3) is 6.28. The van der Waals surface area contributed by atoms with Crippen LogP contribution in [0.25, 0.3) is 6.08 Å². The topological polar surface area (TPSA) is 79.2 Å². The number of rotatable bonds is 6. The summed E-state index contributed by atoms with van der Waals surface area (Å²) in [5.41, 5.74) is 2.88. The lowest BCUT2D eigenvalue weighted by Gasteiger charge is -2.12. The minimum Gasteiger partial charge on any atom is -0.452 e. The number of hydrogen-bond donors (Lipinski definition) is 1. The zero-order chi connectivity index (χ0) is 19.8. The minimum absolute atomic E-state index is 0.365. The SMILES string of the molecule is Cc1cc(SC#N)cc(C)c1NC(=O)COC(=O)/C=C/c1ccc(F)cc1. The Labute approximate surface area is 160 Å². The van der Waals surface area contributed by atoms with Gasteiger partial charge in [0.1, 0.15) is 11.2 Å². The van der Waals surface area contributed by atoms with Crippen molar-refractivity contribution in [2.45, 2.75) is 18.7 Å². The van der Waals surface area contributed by atoms with Crippen LogP contribution in [-0.2, 0) is 14.3 Å². The van der Waals surface area contributed by atoms with E-state index in [1.807, 2.05) is 19.2 Å². The minimum atomic E-state index is -0.677. The zero-order valence-corrected chi connectivity index (χ0v) is 15.6. The van der Waals surface area contributed by atoms with E-state index >= 15 is 0 Å². The molecule has 5 nitrogen and oxygen atoms in total. The van der Waals surface area contributed by atoms with Gasteiger partial charge < -0.3 is 10.1 Å². The van der Waals surface area contributed by atoms with Crippen molar-refractivity contribution in [1.29, 1.82) is 5.26 Å². The van der Waals surface area contributed by atoms with Gasteiger partial charge in [-0.15, -0.1) is 0 Å². The van der Waals surface area contributed by atoms with Crippen LogP contribution in [0.4, 0.5) is 10.1 Å². The number of nitrogens with zero attached hydrogens (tertiary/aromatic N) is 1. The van der Waals surface area contributed by atoms with Crippen molar-refractivity contribution in [1.82, 2.24) is 0 Å². The molecule has 1 amide bonds. The average Bonchev–Trinajstić information content (AvgIpc) is 2.63. The largest absolute Gasteiger partial charge is 0.452 e. The maximum Gasteiger partial charge on any atom is 0.331 e. The van der Waals surface area contributed by atoms with Gasteiger partial charge in [-0.2, -0.15) is 5.26 Å². The van der Waals surface area contributed by atoms with E-state index in [0.29, 0.717) is 11.3 Å². The highest BCUT2D eigenvalue weighted by molar-refractivity contribution is 8.03. The standard InChI is InChI=1S/C20H17FN2O3S/c1-13-9-17(27-12-22)10-14(2)20(13)23-18(24)11-26-19(25)8-5-15-3-6-16(21)7-4-15/h3-10H,11H2,1-2H3,(H,23,24)/b8-5+. The number of anilines is 1. The van der Waals surface area contributed by atoms with Gasteiger partial charge in [0.25, 0.3) is 5.91 Å². The Balaban J connectivity index is 1.90. The molecule has 2 aromatic rings. The van der Waals surface area contributed by atoms with Gasteiger partial charge in [0.05, 0.1) is 0 Å². The second-order valence-electron chi connectivity index (χ2n) is 5.67. The van der Waals surface area contributed by atoms with Crippen LogP contribution in [0.2, 0.25) is 0 Å². The molecule has 0 bridgehead atoms. The molecule has 1 N–H and O–H groups in total. The lowest BCUT2D eigenvalue weighted by Crippen LogP contribution is -2.21. The molecule has 0 aliphatic rings. The number of carbonyl (C=O) groups excluding carboxylic acids is 2. The van der Waals surface area contributed by atoms with Crippen molar-refractivity contribution in [2.24, 2.45) is 0 Å².